The van der Waals surface area contributed by atoms with E-state index >= 15 is 0 Å². The number of rotatable bonds is 2. The lowest BCUT2D eigenvalue weighted by Gasteiger charge is -2.28. The van der Waals surface area contributed by atoms with Crippen LogP contribution >= 0.6 is 0 Å². The summed E-state index contributed by atoms with van der Waals surface area (Å²) < 4.78 is 5.20. The summed E-state index contributed by atoms with van der Waals surface area (Å²) in [5.74, 6) is 0.919. The van der Waals surface area contributed by atoms with Crippen LogP contribution in [0.1, 0.15) is 0 Å². The Bertz CT molecular complexity index is 234. The Morgan fingerprint density at radius 2 is 2.23 bits per heavy atom. The third-order valence-corrected chi connectivity index (χ3v) is 2.05. The second kappa shape index (κ2) is 3.76. The van der Waals surface area contributed by atoms with E-state index in [9.17, 15) is 4.79 Å². The number of morpholine rings is 1. The Labute approximate surface area is 76.7 Å². The highest BCUT2D eigenvalue weighted by Gasteiger charge is 2.15. The maximum Gasteiger partial charge on any atom is 0.178 e. The lowest BCUT2D eigenvalue weighted by molar-refractivity contribution is -0.113. The van der Waals surface area contributed by atoms with Gasteiger partial charge in [-0.1, -0.05) is 0 Å². The summed E-state index contributed by atoms with van der Waals surface area (Å²) in [6, 6.07) is 0. The summed E-state index contributed by atoms with van der Waals surface area (Å²) in [5, 5.41) is 5.01. The second-order valence-corrected chi connectivity index (χ2v) is 3.09. The van der Waals surface area contributed by atoms with E-state index in [1.165, 1.54) is 0 Å². The number of ketones is 1. The molecule has 2 rings (SSSR count). The van der Waals surface area contributed by atoms with Gasteiger partial charge in [0.2, 0.25) is 0 Å². The third-order valence-electron chi connectivity index (χ3n) is 2.05. The number of nitrogens with zero attached hydrogens (tertiary/aromatic N) is 1. The molecule has 0 aliphatic carbocycles. The number of ether oxygens (including phenoxy) is 1. The molecule has 0 amide bonds. The van der Waals surface area contributed by atoms with Gasteiger partial charge in [0.05, 0.1) is 19.8 Å². The van der Waals surface area contributed by atoms with Crippen LogP contribution in [0.25, 0.3) is 0 Å². The van der Waals surface area contributed by atoms with Crippen LogP contribution in [0.3, 0.4) is 0 Å². The molecule has 0 aromatic carbocycles. The number of hydrogen-bond donors (Lipinski definition) is 2. The van der Waals surface area contributed by atoms with Gasteiger partial charge in [-0.05, 0) is 0 Å². The first-order chi connectivity index (χ1) is 6.34. The fourth-order valence-corrected chi connectivity index (χ4v) is 1.36. The van der Waals surface area contributed by atoms with Crippen molar-refractivity contribution in [2.75, 3.05) is 32.8 Å². The second-order valence-electron chi connectivity index (χ2n) is 3.09. The van der Waals surface area contributed by atoms with E-state index in [0.717, 1.165) is 32.1 Å². The molecule has 1 saturated heterocycles. The van der Waals surface area contributed by atoms with Crippen LogP contribution in [0.5, 0.6) is 0 Å². The SMILES string of the molecule is O=C1C=C(NN2CCOCC2)NC1. The summed E-state index contributed by atoms with van der Waals surface area (Å²) in [5.41, 5.74) is 3.13. The summed E-state index contributed by atoms with van der Waals surface area (Å²) in [4.78, 5) is 10.9. The fraction of sp³-hybridized carbons (Fsp3) is 0.625. The first-order valence-electron chi connectivity index (χ1n) is 4.42. The zero-order chi connectivity index (χ0) is 9.10. The van der Waals surface area contributed by atoms with Crippen molar-refractivity contribution in [3.63, 3.8) is 0 Å². The molecular weight excluding hydrogens is 170 g/mol. The minimum Gasteiger partial charge on any atom is -0.379 e. The molecule has 2 heterocycles. The maximum absolute atomic E-state index is 10.9. The lowest BCUT2D eigenvalue weighted by atomic mass is 10.4. The zero-order valence-corrected chi connectivity index (χ0v) is 7.38. The van der Waals surface area contributed by atoms with E-state index in [2.05, 4.69) is 10.7 Å². The largest absolute Gasteiger partial charge is 0.379 e. The molecule has 5 heteroatoms. The molecule has 5 nitrogen and oxygen atoms in total. The van der Waals surface area contributed by atoms with Gasteiger partial charge in [0.25, 0.3) is 0 Å². The van der Waals surface area contributed by atoms with Gasteiger partial charge in [-0.25, -0.2) is 5.01 Å². The molecule has 0 bridgehead atoms. The van der Waals surface area contributed by atoms with E-state index < -0.39 is 0 Å². The Morgan fingerprint density at radius 1 is 1.46 bits per heavy atom. The van der Waals surface area contributed by atoms with Crippen molar-refractivity contribution in [3.05, 3.63) is 11.9 Å². The molecule has 0 spiro atoms. The smallest absolute Gasteiger partial charge is 0.178 e. The minimum absolute atomic E-state index is 0.121. The van der Waals surface area contributed by atoms with Crippen LogP contribution in [0, 0.1) is 0 Å². The van der Waals surface area contributed by atoms with E-state index in [1.807, 2.05) is 5.01 Å². The first kappa shape index (κ1) is 8.52. The van der Waals surface area contributed by atoms with E-state index in [0.29, 0.717) is 6.54 Å². The highest BCUT2D eigenvalue weighted by molar-refractivity contribution is 5.94. The molecule has 2 N–H and O–H groups in total. The van der Waals surface area contributed by atoms with Crippen molar-refractivity contribution in [2.24, 2.45) is 0 Å². The predicted octanol–water partition coefficient (Wildman–Crippen LogP) is -1.16. The van der Waals surface area contributed by atoms with E-state index in [-0.39, 0.29) is 5.78 Å². The monoisotopic (exact) mass is 183 g/mol. The Hall–Kier alpha value is -1.07. The van der Waals surface area contributed by atoms with Crippen LogP contribution in [-0.2, 0) is 9.53 Å². The van der Waals surface area contributed by atoms with Crippen molar-refractivity contribution in [1.29, 1.82) is 0 Å². The van der Waals surface area contributed by atoms with Gasteiger partial charge < -0.3 is 15.5 Å². The molecule has 0 radical (unpaired) electrons. The molecule has 72 valence electrons. The molecule has 1 fully saturated rings. The minimum atomic E-state index is 0.121. The van der Waals surface area contributed by atoms with Crippen molar-refractivity contribution < 1.29 is 9.53 Å². The van der Waals surface area contributed by atoms with Gasteiger partial charge in [-0.15, -0.1) is 0 Å². The van der Waals surface area contributed by atoms with Crippen LogP contribution in [-0.4, -0.2) is 43.6 Å². The number of carbonyl (C=O) groups excluding carboxylic acids is 1. The summed E-state index contributed by atoms with van der Waals surface area (Å²) in [6.07, 6.45) is 1.59. The molecule has 0 unspecified atom stereocenters. The van der Waals surface area contributed by atoms with Gasteiger partial charge in [-0.3, -0.25) is 4.79 Å². The average molecular weight is 183 g/mol. The lowest BCUT2D eigenvalue weighted by Crippen LogP contribution is -2.46. The van der Waals surface area contributed by atoms with Crippen LogP contribution in [0.15, 0.2) is 11.9 Å². The van der Waals surface area contributed by atoms with Crippen molar-refractivity contribution in [2.45, 2.75) is 0 Å². The van der Waals surface area contributed by atoms with Gasteiger partial charge in [-0.2, -0.15) is 0 Å². The summed E-state index contributed by atoms with van der Waals surface area (Å²) in [6.45, 7) is 3.61. The predicted molar refractivity (Wildman–Crippen MR) is 46.6 cm³/mol. The first-order valence-corrected chi connectivity index (χ1v) is 4.42. The van der Waals surface area contributed by atoms with Gasteiger partial charge >= 0.3 is 0 Å². The molecule has 2 aliphatic heterocycles. The molecule has 0 saturated carbocycles. The van der Waals surface area contributed by atoms with Crippen molar-refractivity contribution in [3.8, 4) is 0 Å². The molecule has 13 heavy (non-hydrogen) atoms. The van der Waals surface area contributed by atoms with Crippen LogP contribution in [0.2, 0.25) is 0 Å². The average Bonchev–Trinajstić information content (AvgIpc) is 2.53. The topological polar surface area (TPSA) is 53.6 Å². The standard InChI is InChI=1S/C8H13N3O2/c12-7-5-8(9-6-7)10-11-1-3-13-4-2-11/h5,9-10H,1-4,6H2. The Kier molecular flexibility index (Phi) is 2.47. The molecule has 2 aliphatic rings. The Morgan fingerprint density at radius 3 is 2.85 bits per heavy atom. The molecule has 0 aromatic heterocycles. The van der Waals surface area contributed by atoms with Gasteiger partial charge in [0, 0.05) is 19.2 Å². The zero-order valence-electron chi connectivity index (χ0n) is 7.38. The van der Waals surface area contributed by atoms with Crippen molar-refractivity contribution in [1.82, 2.24) is 15.8 Å². The van der Waals surface area contributed by atoms with Crippen molar-refractivity contribution >= 4 is 5.78 Å². The third kappa shape index (κ3) is 2.19. The Balaban J connectivity index is 1.83. The van der Waals surface area contributed by atoms with Crippen LogP contribution < -0.4 is 10.7 Å². The highest BCUT2D eigenvalue weighted by Crippen LogP contribution is 1.98. The highest BCUT2D eigenvalue weighted by atomic mass is 16.5. The summed E-state index contributed by atoms with van der Waals surface area (Å²) >= 11 is 0. The molecule has 0 atom stereocenters. The number of hydrogen-bond acceptors (Lipinski definition) is 5. The van der Waals surface area contributed by atoms with Gasteiger partial charge in [0.15, 0.2) is 5.78 Å². The summed E-state index contributed by atoms with van der Waals surface area (Å²) in [7, 11) is 0. The molecular formula is C8H13N3O2. The van der Waals surface area contributed by atoms with Crippen LogP contribution in [0.4, 0.5) is 0 Å². The normalized spacial score (nSPS) is 24.0. The number of hydrazine groups is 1. The number of nitrogens with one attached hydrogen (secondary N) is 2. The quantitative estimate of drug-likeness (QED) is 0.565. The van der Waals surface area contributed by atoms with Gasteiger partial charge in [0.1, 0.15) is 5.82 Å². The van der Waals surface area contributed by atoms with E-state index in [1.54, 1.807) is 6.08 Å². The maximum atomic E-state index is 10.9. The number of carbonyl (C=O) groups is 1. The fourth-order valence-electron chi connectivity index (χ4n) is 1.36. The van der Waals surface area contributed by atoms with E-state index in [4.69, 9.17) is 4.74 Å². The molecule has 0 aromatic rings.